The predicted octanol–water partition coefficient (Wildman–Crippen LogP) is 4.97. The molecule has 0 bridgehead atoms. The van der Waals surface area contributed by atoms with Gasteiger partial charge in [0.05, 0.1) is 0 Å². The van der Waals surface area contributed by atoms with Crippen LogP contribution in [0.25, 0.3) is 17.3 Å². The largest absolute Gasteiger partial charge is 0.363 e. The predicted molar refractivity (Wildman–Crippen MR) is 102 cm³/mol. The molecular formula is C19H13Cl2N3O2. The summed E-state index contributed by atoms with van der Waals surface area (Å²) in [4.78, 5) is 9.95. The maximum absolute atomic E-state index is 5.93. The molecule has 1 unspecified atom stereocenters. The van der Waals surface area contributed by atoms with E-state index in [1.165, 1.54) is 0 Å². The molecule has 0 saturated heterocycles. The van der Waals surface area contributed by atoms with Crippen LogP contribution in [0.1, 0.15) is 11.1 Å². The van der Waals surface area contributed by atoms with Crippen molar-refractivity contribution in [2.24, 2.45) is 4.99 Å². The molecule has 26 heavy (non-hydrogen) atoms. The van der Waals surface area contributed by atoms with Crippen LogP contribution >= 0.6 is 23.2 Å². The van der Waals surface area contributed by atoms with Gasteiger partial charge in [-0.3, -0.25) is 0 Å². The summed E-state index contributed by atoms with van der Waals surface area (Å²) in [7, 11) is 0. The van der Waals surface area contributed by atoms with Gasteiger partial charge in [-0.1, -0.05) is 40.5 Å². The molecule has 0 spiro atoms. The average molecular weight is 386 g/mol. The highest BCUT2D eigenvalue weighted by molar-refractivity contribution is 6.31. The van der Waals surface area contributed by atoms with Crippen molar-refractivity contribution in [3.63, 3.8) is 0 Å². The van der Waals surface area contributed by atoms with Gasteiger partial charge in [0.15, 0.2) is 12.1 Å². The smallest absolute Gasteiger partial charge is 0.196 e. The highest BCUT2D eigenvalue weighted by atomic mass is 35.5. The quantitative estimate of drug-likeness (QED) is 0.688. The van der Waals surface area contributed by atoms with Crippen LogP contribution < -0.4 is 5.48 Å². The average Bonchev–Trinajstić information content (AvgIpc) is 3.30. The monoisotopic (exact) mass is 385 g/mol. The van der Waals surface area contributed by atoms with Gasteiger partial charge in [-0.25, -0.2) is 15.3 Å². The zero-order valence-electron chi connectivity index (χ0n) is 13.4. The lowest BCUT2D eigenvalue weighted by Gasteiger charge is -2.01. The third-order valence-electron chi connectivity index (χ3n) is 3.81. The standard InChI is InChI=1S/C19H13Cl2N3O2/c20-15-6-1-12(2-7-15)18-14(11-25-23-18)5-10-17-22-19(24-26-17)13-3-8-16(21)9-4-13/h1-11,17H,(H,22,24)/b10-5+. The second-order valence-corrected chi connectivity index (χ2v) is 6.45. The Labute approximate surface area is 159 Å². The van der Waals surface area contributed by atoms with Crippen LogP contribution in [-0.4, -0.2) is 17.2 Å². The van der Waals surface area contributed by atoms with Gasteiger partial charge >= 0.3 is 0 Å². The van der Waals surface area contributed by atoms with Crippen LogP contribution in [0.5, 0.6) is 0 Å². The number of aromatic nitrogens is 1. The van der Waals surface area contributed by atoms with Crippen molar-refractivity contribution in [2.75, 3.05) is 0 Å². The molecule has 2 aromatic carbocycles. The summed E-state index contributed by atoms with van der Waals surface area (Å²) in [5.74, 6) is 0.652. The lowest BCUT2D eigenvalue weighted by Crippen LogP contribution is -2.18. The van der Waals surface area contributed by atoms with Crippen molar-refractivity contribution in [3.8, 4) is 11.3 Å². The Bertz CT molecular complexity index is 963. The van der Waals surface area contributed by atoms with Crippen molar-refractivity contribution in [1.82, 2.24) is 10.6 Å². The molecule has 0 amide bonds. The Morgan fingerprint density at radius 3 is 2.27 bits per heavy atom. The molecule has 0 saturated carbocycles. The Balaban J connectivity index is 1.52. The summed E-state index contributed by atoms with van der Waals surface area (Å²) >= 11 is 11.8. The molecule has 1 N–H and O–H groups in total. The topological polar surface area (TPSA) is 59.7 Å². The summed E-state index contributed by atoms with van der Waals surface area (Å²) < 4.78 is 5.11. The lowest BCUT2D eigenvalue weighted by atomic mass is 10.1. The van der Waals surface area contributed by atoms with Gasteiger partial charge in [-0.15, -0.1) is 0 Å². The highest BCUT2D eigenvalue weighted by Gasteiger charge is 2.17. The van der Waals surface area contributed by atoms with Gasteiger partial charge in [-0.2, -0.15) is 0 Å². The summed E-state index contributed by atoms with van der Waals surface area (Å²) in [6.07, 6.45) is 4.81. The van der Waals surface area contributed by atoms with Crippen LogP contribution in [-0.2, 0) is 4.84 Å². The van der Waals surface area contributed by atoms with Crippen molar-refractivity contribution in [3.05, 3.63) is 82.0 Å². The van der Waals surface area contributed by atoms with Gasteiger partial charge in [0.2, 0.25) is 0 Å². The van der Waals surface area contributed by atoms with Crippen LogP contribution in [0, 0.1) is 0 Å². The number of halogens is 2. The molecule has 0 aliphatic carbocycles. The van der Waals surface area contributed by atoms with E-state index in [-0.39, 0.29) is 0 Å². The number of benzene rings is 2. The van der Waals surface area contributed by atoms with E-state index < -0.39 is 6.23 Å². The first kappa shape index (κ1) is 16.8. The number of nitrogens with zero attached hydrogens (tertiary/aromatic N) is 2. The molecule has 1 aliphatic rings. The van der Waals surface area contributed by atoms with Crippen molar-refractivity contribution in [1.29, 1.82) is 0 Å². The molecule has 5 nitrogen and oxygen atoms in total. The van der Waals surface area contributed by atoms with Crippen molar-refractivity contribution >= 4 is 35.1 Å². The zero-order chi connectivity index (χ0) is 17.9. The molecule has 130 valence electrons. The molecule has 0 radical (unpaired) electrons. The number of hydrogen-bond acceptors (Lipinski definition) is 5. The number of hydroxylamine groups is 1. The summed E-state index contributed by atoms with van der Waals surface area (Å²) in [6.45, 7) is 0. The third kappa shape index (κ3) is 3.65. The first-order chi connectivity index (χ1) is 12.7. The van der Waals surface area contributed by atoms with Crippen LogP contribution in [0.2, 0.25) is 10.0 Å². The number of rotatable bonds is 4. The Morgan fingerprint density at radius 2 is 1.58 bits per heavy atom. The van der Waals surface area contributed by atoms with Gasteiger partial charge in [0.1, 0.15) is 12.0 Å². The van der Waals surface area contributed by atoms with E-state index in [0.717, 1.165) is 22.4 Å². The molecule has 1 aromatic heterocycles. The molecular weight excluding hydrogens is 373 g/mol. The van der Waals surface area contributed by atoms with Gasteiger partial charge < -0.3 is 4.52 Å². The maximum atomic E-state index is 5.93. The molecule has 1 atom stereocenters. The summed E-state index contributed by atoms with van der Waals surface area (Å²) in [6, 6.07) is 14.8. The maximum Gasteiger partial charge on any atom is 0.196 e. The first-order valence-electron chi connectivity index (χ1n) is 7.83. The minimum Gasteiger partial charge on any atom is -0.363 e. The van der Waals surface area contributed by atoms with E-state index in [2.05, 4.69) is 15.6 Å². The number of nitrogens with one attached hydrogen (secondary N) is 1. The summed E-state index contributed by atoms with van der Waals surface area (Å²) in [5.41, 5.74) is 6.20. The molecule has 2 heterocycles. The first-order valence-corrected chi connectivity index (χ1v) is 8.58. The van der Waals surface area contributed by atoms with Gasteiger partial charge in [0, 0.05) is 26.7 Å². The Kier molecular flexibility index (Phi) is 4.75. The second-order valence-electron chi connectivity index (χ2n) is 5.58. The van der Waals surface area contributed by atoms with Gasteiger partial charge in [-0.05, 0) is 48.6 Å². The van der Waals surface area contributed by atoms with Crippen LogP contribution in [0.4, 0.5) is 0 Å². The Morgan fingerprint density at radius 1 is 0.923 bits per heavy atom. The highest BCUT2D eigenvalue weighted by Crippen LogP contribution is 2.25. The fraction of sp³-hybridized carbons (Fsp3) is 0.0526. The lowest BCUT2D eigenvalue weighted by molar-refractivity contribution is 0.0682. The zero-order valence-corrected chi connectivity index (χ0v) is 14.9. The minimum atomic E-state index is -0.450. The number of hydrogen-bond donors (Lipinski definition) is 1. The Hall–Kier alpha value is -2.60. The van der Waals surface area contributed by atoms with E-state index >= 15 is 0 Å². The van der Waals surface area contributed by atoms with E-state index in [4.69, 9.17) is 32.6 Å². The summed E-state index contributed by atoms with van der Waals surface area (Å²) in [5, 5.41) is 5.40. The fourth-order valence-electron chi connectivity index (χ4n) is 2.50. The number of aliphatic imine (C=N–C) groups is 1. The second kappa shape index (κ2) is 7.33. The van der Waals surface area contributed by atoms with Crippen LogP contribution in [0.3, 0.4) is 0 Å². The van der Waals surface area contributed by atoms with E-state index in [1.54, 1.807) is 18.4 Å². The molecule has 0 fully saturated rings. The third-order valence-corrected chi connectivity index (χ3v) is 4.31. The molecule has 4 rings (SSSR count). The number of amidine groups is 1. The van der Waals surface area contributed by atoms with Crippen LogP contribution in [0.15, 0.2) is 70.4 Å². The molecule has 7 heteroatoms. The normalized spacial score (nSPS) is 16.7. The van der Waals surface area contributed by atoms with E-state index in [0.29, 0.717) is 15.9 Å². The van der Waals surface area contributed by atoms with E-state index in [1.807, 2.05) is 48.6 Å². The van der Waals surface area contributed by atoms with E-state index in [9.17, 15) is 0 Å². The molecule has 1 aliphatic heterocycles. The fourth-order valence-corrected chi connectivity index (χ4v) is 2.75. The van der Waals surface area contributed by atoms with Crippen molar-refractivity contribution < 1.29 is 9.36 Å². The van der Waals surface area contributed by atoms with Crippen molar-refractivity contribution in [2.45, 2.75) is 6.23 Å². The SMILES string of the molecule is Clc1ccc(C2=NC(/C=C/c3conc3-c3ccc(Cl)cc3)ON2)cc1. The van der Waals surface area contributed by atoms with Gasteiger partial charge in [0.25, 0.3) is 0 Å². The minimum absolute atomic E-state index is 0.450. The molecule has 3 aromatic rings.